The molecule has 0 aromatic rings. The summed E-state index contributed by atoms with van der Waals surface area (Å²) in [7, 11) is 0. The Hall–Kier alpha value is -1.92. The second-order valence-corrected chi connectivity index (χ2v) is 7.38. The van der Waals surface area contributed by atoms with Crippen LogP contribution in [0.15, 0.2) is 35.5 Å². The van der Waals surface area contributed by atoms with E-state index in [0.29, 0.717) is 17.6 Å². The summed E-state index contributed by atoms with van der Waals surface area (Å²) in [6, 6.07) is 0. The van der Waals surface area contributed by atoms with Crippen LogP contribution in [-0.4, -0.2) is 41.6 Å². The lowest BCUT2D eigenvalue weighted by Gasteiger charge is -2.28. The summed E-state index contributed by atoms with van der Waals surface area (Å²) in [5, 5.41) is 10.2. The van der Waals surface area contributed by atoms with E-state index in [4.69, 9.17) is 14.2 Å². The number of esters is 2. The van der Waals surface area contributed by atoms with Gasteiger partial charge in [-0.2, -0.15) is 0 Å². The van der Waals surface area contributed by atoms with Crippen LogP contribution < -0.4 is 0 Å². The van der Waals surface area contributed by atoms with Gasteiger partial charge in [0.25, 0.3) is 0 Å². The third kappa shape index (κ3) is 3.16. The molecular formula is C19H22O6. The highest BCUT2D eigenvalue weighted by molar-refractivity contribution is 5.93. The van der Waals surface area contributed by atoms with E-state index in [0.717, 1.165) is 18.4 Å². The van der Waals surface area contributed by atoms with E-state index >= 15 is 0 Å². The first kappa shape index (κ1) is 16.5. The van der Waals surface area contributed by atoms with E-state index in [-0.39, 0.29) is 24.4 Å². The van der Waals surface area contributed by atoms with Crippen molar-refractivity contribution in [1.29, 1.82) is 0 Å². The molecule has 6 heteroatoms. The molecule has 1 unspecified atom stereocenters. The summed E-state index contributed by atoms with van der Waals surface area (Å²) in [5.41, 5.74) is 1.82. The number of carbonyl (C=O) groups is 2. The van der Waals surface area contributed by atoms with Crippen LogP contribution in [0.2, 0.25) is 0 Å². The van der Waals surface area contributed by atoms with Gasteiger partial charge in [-0.25, -0.2) is 9.59 Å². The second-order valence-electron chi connectivity index (χ2n) is 7.38. The van der Waals surface area contributed by atoms with Crippen LogP contribution in [0.25, 0.3) is 0 Å². The summed E-state index contributed by atoms with van der Waals surface area (Å²) in [6.45, 7) is 5.80. The van der Waals surface area contributed by atoms with Gasteiger partial charge in [-0.15, -0.1) is 0 Å². The third-order valence-electron chi connectivity index (χ3n) is 5.30. The van der Waals surface area contributed by atoms with E-state index in [2.05, 4.69) is 6.58 Å². The van der Waals surface area contributed by atoms with Crippen molar-refractivity contribution in [3.05, 3.63) is 35.5 Å². The first-order valence-electron chi connectivity index (χ1n) is 8.74. The predicted molar refractivity (Wildman–Crippen MR) is 87.1 cm³/mol. The molecule has 1 N–H and O–H groups in total. The van der Waals surface area contributed by atoms with Crippen molar-refractivity contribution in [2.75, 3.05) is 0 Å². The van der Waals surface area contributed by atoms with Crippen molar-refractivity contribution in [2.45, 2.75) is 57.2 Å². The topological polar surface area (TPSA) is 82.1 Å². The maximum atomic E-state index is 12.1. The zero-order valence-electron chi connectivity index (χ0n) is 14.1. The number of hydrogen-bond donors (Lipinski definition) is 1. The molecule has 1 saturated carbocycles. The number of aliphatic hydroxyl groups is 1. The van der Waals surface area contributed by atoms with Gasteiger partial charge >= 0.3 is 11.9 Å². The Bertz CT molecular complexity index is 686. The number of carbonyl (C=O) groups excluding carboxylic acids is 2. The van der Waals surface area contributed by atoms with Crippen LogP contribution in [-0.2, 0) is 23.8 Å². The minimum absolute atomic E-state index is 0.151. The van der Waals surface area contributed by atoms with E-state index in [1.54, 1.807) is 0 Å². The molecule has 5 atom stereocenters. The molecule has 0 aromatic carbocycles. The zero-order chi connectivity index (χ0) is 17.7. The standard InChI is InChI=1S/C19H22O6/c1-9-5-13-7-12(19(22)23-13)8-15-16(10(2)17(20)24-15)14(6-9)25-18(21)11-3-4-11/h6-7,11,13-16,18,21H,2-5,8H2,1H3/b9-6+/t13-,14-,15+,16+,18?/m1/s1. The molecule has 2 heterocycles. The van der Waals surface area contributed by atoms with E-state index < -0.39 is 30.4 Å². The Kier molecular flexibility index (Phi) is 4.04. The Morgan fingerprint density at radius 3 is 2.68 bits per heavy atom. The van der Waals surface area contributed by atoms with Crippen LogP contribution >= 0.6 is 0 Å². The molecule has 4 aliphatic rings. The molecule has 6 nitrogen and oxygen atoms in total. The highest BCUT2D eigenvalue weighted by Gasteiger charge is 2.47. The van der Waals surface area contributed by atoms with Crippen LogP contribution in [0.3, 0.4) is 0 Å². The van der Waals surface area contributed by atoms with Crippen LogP contribution in [0.1, 0.15) is 32.6 Å². The minimum atomic E-state index is -0.866. The molecule has 2 bridgehead atoms. The van der Waals surface area contributed by atoms with Crippen molar-refractivity contribution in [2.24, 2.45) is 11.8 Å². The molecule has 0 radical (unpaired) electrons. The van der Waals surface area contributed by atoms with Gasteiger partial charge in [0.2, 0.25) is 0 Å². The van der Waals surface area contributed by atoms with Gasteiger partial charge in [0.15, 0.2) is 6.29 Å². The highest BCUT2D eigenvalue weighted by atomic mass is 16.6. The van der Waals surface area contributed by atoms with E-state index in [9.17, 15) is 14.7 Å². The van der Waals surface area contributed by atoms with Crippen LogP contribution in [0, 0.1) is 11.8 Å². The molecular weight excluding hydrogens is 324 g/mol. The van der Waals surface area contributed by atoms with Crippen LogP contribution in [0.5, 0.6) is 0 Å². The predicted octanol–water partition coefficient (Wildman–Crippen LogP) is 1.79. The normalized spacial score (nSPS) is 38.2. The number of ether oxygens (including phenoxy) is 3. The fourth-order valence-electron chi connectivity index (χ4n) is 3.78. The second kappa shape index (κ2) is 6.11. The molecule has 2 fully saturated rings. The Balaban J connectivity index is 1.67. The fraction of sp³-hybridized carbons (Fsp3) is 0.579. The first-order valence-corrected chi connectivity index (χ1v) is 8.74. The zero-order valence-corrected chi connectivity index (χ0v) is 14.1. The van der Waals surface area contributed by atoms with Crippen LogP contribution in [0.4, 0.5) is 0 Å². The molecule has 0 aromatic heterocycles. The summed E-state index contributed by atoms with van der Waals surface area (Å²) < 4.78 is 16.7. The lowest BCUT2D eigenvalue weighted by molar-refractivity contribution is -0.152. The number of fused-ring (bicyclic) bond motifs is 2. The fourth-order valence-corrected chi connectivity index (χ4v) is 3.78. The molecule has 1 saturated heterocycles. The molecule has 2 aliphatic heterocycles. The average molecular weight is 346 g/mol. The summed E-state index contributed by atoms with van der Waals surface area (Å²) in [6.07, 6.45) is 4.21. The van der Waals surface area contributed by atoms with Gasteiger partial charge in [-0.3, -0.25) is 0 Å². The molecule has 2 aliphatic carbocycles. The van der Waals surface area contributed by atoms with Crippen molar-refractivity contribution in [3.63, 3.8) is 0 Å². The average Bonchev–Trinajstić information content (AvgIpc) is 3.28. The maximum Gasteiger partial charge on any atom is 0.334 e. The highest BCUT2D eigenvalue weighted by Crippen LogP contribution is 2.40. The summed E-state index contributed by atoms with van der Waals surface area (Å²) >= 11 is 0. The number of rotatable bonds is 3. The third-order valence-corrected chi connectivity index (χ3v) is 5.30. The number of aliphatic hydroxyl groups excluding tert-OH is 1. The first-order chi connectivity index (χ1) is 11.9. The Morgan fingerprint density at radius 1 is 1.20 bits per heavy atom. The quantitative estimate of drug-likeness (QED) is 0.363. The SMILES string of the molecule is C=C1C(=O)O[C@H]2CC3=C[C@@H](C/C(C)=C/[C@@H](OC(O)C4CC4)[C@H]12)OC3=O. The van der Waals surface area contributed by atoms with E-state index in [1.807, 2.05) is 19.1 Å². The van der Waals surface area contributed by atoms with Gasteiger partial charge in [0.1, 0.15) is 12.2 Å². The van der Waals surface area contributed by atoms with Crippen molar-refractivity contribution >= 4 is 11.9 Å². The Labute approximate surface area is 146 Å². The maximum absolute atomic E-state index is 12.1. The van der Waals surface area contributed by atoms with Crippen molar-refractivity contribution < 1.29 is 28.9 Å². The summed E-state index contributed by atoms with van der Waals surface area (Å²) in [4.78, 5) is 24.1. The van der Waals surface area contributed by atoms with Gasteiger partial charge in [0.05, 0.1) is 12.0 Å². The largest absolute Gasteiger partial charge is 0.458 e. The molecule has 4 rings (SSSR count). The molecule has 25 heavy (non-hydrogen) atoms. The van der Waals surface area contributed by atoms with Gasteiger partial charge in [0, 0.05) is 29.9 Å². The van der Waals surface area contributed by atoms with Crippen molar-refractivity contribution in [1.82, 2.24) is 0 Å². The van der Waals surface area contributed by atoms with E-state index in [1.165, 1.54) is 0 Å². The summed E-state index contributed by atoms with van der Waals surface area (Å²) in [5.74, 6) is -1.11. The molecule has 0 spiro atoms. The van der Waals surface area contributed by atoms with Crippen molar-refractivity contribution in [3.8, 4) is 0 Å². The Morgan fingerprint density at radius 2 is 1.96 bits per heavy atom. The minimum Gasteiger partial charge on any atom is -0.458 e. The van der Waals surface area contributed by atoms with Gasteiger partial charge < -0.3 is 19.3 Å². The molecule has 0 amide bonds. The van der Waals surface area contributed by atoms with Gasteiger partial charge in [-0.1, -0.05) is 18.2 Å². The lowest BCUT2D eigenvalue weighted by atomic mass is 9.85. The number of hydrogen-bond acceptors (Lipinski definition) is 6. The molecule has 134 valence electrons. The van der Waals surface area contributed by atoms with Gasteiger partial charge in [-0.05, 0) is 25.8 Å². The smallest absolute Gasteiger partial charge is 0.334 e. The lowest BCUT2D eigenvalue weighted by Crippen LogP contribution is -2.35. The monoisotopic (exact) mass is 346 g/mol.